The van der Waals surface area contributed by atoms with Gasteiger partial charge in [0.05, 0.1) is 0 Å². The molecule has 7 heteroatoms. The van der Waals surface area contributed by atoms with E-state index < -0.39 is 18.2 Å². The first kappa shape index (κ1) is 15.7. The minimum atomic E-state index is -0.521. The highest BCUT2D eigenvalue weighted by molar-refractivity contribution is 6.10. The average molecular weight is 339 g/mol. The fraction of sp³-hybridized carbons (Fsp3) is 0.389. The molecule has 3 aliphatic rings. The van der Waals surface area contributed by atoms with Crippen molar-refractivity contribution in [3.63, 3.8) is 0 Å². The van der Waals surface area contributed by atoms with E-state index >= 15 is 0 Å². The molecule has 1 saturated heterocycles. The number of hydrogen-bond acceptors (Lipinski definition) is 5. The lowest BCUT2D eigenvalue weighted by molar-refractivity contribution is -0.126. The highest BCUT2D eigenvalue weighted by atomic mass is 16.2. The van der Waals surface area contributed by atoms with E-state index in [0.717, 1.165) is 23.5 Å². The van der Waals surface area contributed by atoms with Crippen LogP contribution >= 0.6 is 0 Å². The number of benzene rings is 1. The first-order valence-corrected chi connectivity index (χ1v) is 8.45. The Kier molecular flexibility index (Phi) is 3.35. The summed E-state index contributed by atoms with van der Waals surface area (Å²) in [6, 6.07) is 7.41. The van der Waals surface area contributed by atoms with Crippen LogP contribution in [0.1, 0.15) is 26.3 Å². The van der Waals surface area contributed by atoms with Crippen molar-refractivity contribution in [2.45, 2.75) is 39.4 Å². The number of amides is 3. The Bertz CT molecular complexity index is 826. The minimum absolute atomic E-state index is 0.304. The molecule has 2 unspecified atom stereocenters. The fourth-order valence-electron chi connectivity index (χ4n) is 3.65. The van der Waals surface area contributed by atoms with Crippen LogP contribution in [-0.4, -0.2) is 47.0 Å². The third-order valence-electron chi connectivity index (χ3n) is 5.26. The van der Waals surface area contributed by atoms with E-state index in [4.69, 9.17) is 4.99 Å². The van der Waals surface area contributed by atoms with Crippen molar-refractivity contribution < 1.29 is 9.59 Å². The van der Waals surface area contributed by atoms with Crippen LogP contribution in [0.15, 0.2) is 40.7 Å². The Hall–Kier alpha value is -2.83. The third kappa shape index (κ3) is 2.08. The normalized spacial score (nSPS) is 25.3. The lowest BCUT2D eigenvalue weighted by atomic mass is 10.1. The second-order valence-corrected chi connectivity index (χ2v) is 6.59. The molecule has 3 amide bonds. The smallest absolute Gasteiger partial charge is 0.303 e. The van der Waals surface area contributed by atoms with E-state index in [1.54, 1.807) is 7.05 Å². The Morgan fingerprint density at radius 3 is 2.44 bits per heavy atom. The lowest BCUT2D eigenvalue weighted by Gasteiger charge is -2.35. The van der Waals surface area contributed by atoms with Gasteiger partial charge in [-0.1, -0.05) is 19.1 Å². The van der Waals surface area contributed by atoms with Crippen LogP contribution in [-0.2, 0) is 11.2 Å². The number of nitrogens with zero attached hydrogens (tertiary/aromatic N) is 4. The number of allylic oxidation sites excluding steroid dienone is 2. The number of likely N-dealkylation sites (N-methyl/N-ethyl adjacent to an activating group) is 1. The molecule has 0 aliphatic carbocycles. The summed E-state index contributed by atoms with van der Waals surface area (Å²) < 4.78 is 0. The molecular weight excluding hydrogens is 318 g/mol. The van der Waals surface area contributed by atoms with Gasteiger partial charge in [-0.2, -0.15) is 0 Å². The maximum atomic E-state index is 12.4. The van der Waals surface area contributed by atoms with Crippen molar-refractivity contribution in [3.8, 4) is 0 Å². The summed E-state index contributed by atoms with van der Waals surface area (Å²) in [6.45, 7) is 6.13. The molecule has 130 valence electrons. The zero-order valence-electron chi connectivity index (χ0n) is 14.8. The van der Waals surface area contributed by atoms with Crippen molar-refractivity contribution in [1.82, 2.24) is 15.1 Å². The number of nitrogens with one attached hydrogen (secondary N) is 1. The van der Waals surface area contributed by atoms with Crippen LogP contribution in [0.2, 0.25) is 0 Å². The number of carbonyl (C=O) groups excluding carboxylic acids is 2. The van der Waals surface area contributed by atoms with Crippen LogP contribution in [0.5, 0.6) is 0 Å². The number of carbonyl (C=O) groups is 2. The van der Waals surface area contributed by atoms with E-state index in [2.05, 4.69) is 41.4 Å². The zero-order valence-corrected chi connectivity index (χ0v) is 14.8. The predicted octanol–water partition coefficient (Wildman–Crippen LogP) is 1.87. The van der Waals surface area contributed by atoms with Gasteiger partial charge in [-0.05, 0) is 38.0 Å². The Morgan fingerprint density at radius 1 is 1.12 bits per heavy atom. The molecule has 1 aromatic carbocycles. The molecule has 25 heavy (non-hydrogen) atoms. The number of aliphatic imine (C=N–C) groups is 1. The summed E-state index contributed by atoms with van der Waals surface area (Å²) in [5.41, 5.74) is 4.28. The summed E-state index contributed by atoms with van der Waals surface area (Å²) in [4.78, 5) is 34.6. The maximum absolute atomic E-state index is 12.4. The molecule has 0 saturated carbocycles. The molecule has 2 atom stereocenters. The predicted molar refractivity (Wildman–Crippen MR) is 94.8 cm³/mol. The molecule has 0 aromatic heterocycles. The van der Waals surface area contributed by atoms with Gasteiger partial charge in [-0.15, -0.1) is 0 Å². The minimum Gasteiger partial charge on any atom is -0.303 e. The summed E-state index contributed by atoms with van der Waals surface area (Å²) >= 11 is 0. The van der Waals surface area contributed by atoms with Crippen molar-refractivity contribution in [2.75, 3.05) is 11.9 Å². The van der Waals surface area contributed by atoms with Crippen molar-refractivity contribution in [2.24, 2.45) is 4.99 Å². The van der Waals surface area contributed by atoms with Crippen LogP contribution in [0.3, 0.4) is 0 Å². The maximum Gasteiger partial charge on any atom is 0.325 e. The average Bonchev–Trinajstić information content (AvgIpc) is 3.10. The second kappa shape index (κ2) is 5.34. The monoisotopic (exact) mass is 339 g/mol. The quantitative estimate of drug-likeness (QED) is 0.893. The number of guanidine groups is 1. The summed E-state index contributed by atoms with van der Waals surface area (Å²) in [5, 5.41) is 2.41. The van der Waals surface area contributed by atoms with E-state index in [0.29, 0.717) is 5.96 Å². The summed E-state index contributed by atoms with van der Waals surface area (Å²) in [7, 11) is 1.66. The third-order valence-corrected chi connectivity index (χ3v) is 5.26. The van der Waals surface area contributed by atoms with Gasteiger partial charge in [0.2, 0.25) is 5.96 Å². The van der Waals surface area contributed by atoms with Gasteiger partial charge < -0.3 is 4.90 Å². The molecule has 0 spiro atoms. The number of aryl methyl sites for hydroxylation is 1. The Labute approximate surface area is 146 Å². The molecule has 1 fully saturated rings. The molecule has 0 bridgehead atoms. The van der Waals surface area contributed by atoms with Gasteiger partial charge in [0.1, 0.15) is 0 Å². The largest absolute Gasteiger partial charge is 0.325 e. The standard InChI is InChI=1S/C18H21N5O2/c1-5-12-6-8-13(9-7-12)22-10(2)11(3)23-14-15(19-17(22)23)21(4)18(25)20-16(14)24/h6-9,14-15H,5H2,1-4H3,(H,20,24,25). The first-order chi connectivity index (χ1) is 11.9. The number of anilines is 1. The van der Waals surface area contributed by atoms with E-state index in [9.17, 15) is 9.59 Å². The lowest BCUT2D eigenvalue weighted by Crippen LogP contribution is -2.63. The summed E-state index contributed by atoms with van der Waals surface area (Å²) in [6.07, 6.45) is 0.482. The molecule has 1 N–H and O–H groups in total. The number of fused-ring (bicyclic) bond motifs is 3. The highest BCUT2D eigenvalue weighted by Crippen LogP contribution is 2.38. The van der Waals surface area contributed by atoms with Crippen molar-refractivity contribution in [1.29, 1.82) is 0 Å². The number of urea groups is 1. The van der Waals surface area contributed by atoms with Gasteiger partial charge >= 0.3 is 6.03 Å². The molecule has 1 aromatic rings. The van der Waals surface area contributed by atoms with E-state index in [-0.39, 0.29) is 5.91 Å². The molecule has 4 rings (SSSR count). The van der Waals surface area contributed by atoms with Gasteiger partial charge in [-0.25, -0.2) is 9.79 Å². The van der Waals surface area contributed by atoms with Crippen LogP contribution in [0.25, 0.3) is 0 Å². The van der Waals surface area contributed by atoms with Crippen LogP contribution in [0.4, 0.5) is 10.5 Å². The SMILES string of the molecule is CCc1ccc(N2C3=NC4C(C(=O)NC(=O)N4C)N3C(C)=C2C)cc1. The zero-order chi connectivity index (χ0) is 17.9. The number of imide groups is 1. The summed E-state index contributed by atoms with van der Waals surface area (Å²) in [5.74, 6) is 0.396. The molecule has 3 aliphatic heterocycles. The molecule has 7 nitrogen and oxygen atoms in total. The number of rotatable bonds is 2. The topological polar surface area (TPSA) is 68.2 Å². The van der Waals surface area contributed by atoms with E-state index in [1.165, 1.54) is 10.5 Å². The first-order valence-electron chi connectivity index (χ1n) is 8.45. The molecule has 3 heterocycles. The molecule has 0 radical (unpaired) electrons. The van der Waals surface area contributed by atoms with Crippen molar-refractivity contribution >= 4 is 23.6 Å². The Balaban J connectivity index is 1.78. The van der Waals surface area contributed by atoms with Gasteiger partial charge in [0, 0.05) is 24.1 Å². The second-order valence-electron chi connectivity index (χ2n) is 6.59. The van der Waals surface area contributed by atoms with Crippen LogP contribution < -0.4 is 10.2 Å². The van der Waals surface area contributed by atoms with Gasteiger partial charge in [-0.3, -0.25) is 19.9 Å². The van der Waals surface area contributed by atoms with Gasteiger partial charge in [0.25, 0.3) is 5.91 Å². The number of hydrogen-bond donors (Lipinski definition) is 1. The highest BCUT2D eigenvalue weighted by Gasteiger charge is 2.53. The molecular formula is C18H21N5O2. The van der Waals surface area contributed by atoms with E-state index in [1.807, 2.05) is 18.7 Å². The Morgan fingerprint density at radius 2 is 1.80 bits per heavy atom. The van der Waals surface area contributed by atoms with Crippen LogP contribution in [0, 0.1) is 0 Å². The van der Waals surface area contributed by atoms with Gasteiger partial charge in [0.15, 0.2) is 12.2 Å². The fourth-order valence-corrected chi connectivity index (χ4v) is 3.65. The van der Waals surface area contributed by atoms with Crippen molar-refractivity contribution in [3.05, 3.63) is 41.2 Å².